The number of ether oxygens (including phenoxy) is 1. The molecule has 0 aliphatic heterocycles. The summed E-state index contributed by atoms with van der Waals surface area (Å²) in [6.45, 7) is 3.85. The standard InChI is InChI=1S/C20H21NO5/c1-12-7-6-10-14(13(12)2)17(11-18(22)26-3)21-19(23)15-8-4-5-9-16(15)20(24)25/h4-10,17H,11H2,1-3H3,(H,21,23)(H,24,25)/t17-/m0/s1. The first-order chi connectivity index (χ1) is 12.3. The van der Waals surface area contributed by atoms with Gasteiger partial charge in [0.15, 0.2) is 0 Å². The van der Waals surface area contributed by atoms with Gasteiger partial charge in [-0.15, -0.1) is 0 Å². The Morgan fingerprint density at radius 3 is 2.31 bits per heavy atom. The molecule has 1 atom stereocenters. The number of nitrogens with one attached hydrogen (secondary N) is 1. The first-order valence-corrected chi connectivity index (χ1v) is 8.11. The zero-order chi connectivity index (χ0) is 19.3. The highest BCUT2D eigenvalue weighted by atomic mass is 16.5. The summed E-state index contributed by atoms with van der Waals surface area (Å²) in [6.07, 6.45) is -0.0538. The number of methoxy groups -OCH3 is 1. The molecule has 6 heteroatoms. The van der Waals surface area contributed by atoms with E-state index in [4.69, 9.17) is 4.74 Å². The quantitative estimate of drug-likeness (QED) is 0.777. The number of hydrogen-bond donors (Lipinski definition) is 2. The van der Waals surface area contributed by atoms with Gasteiger partial charge in [-0.3, -0.25) is 9.59 Å². The van der Waals surface area contributed by atoms with Gasteiger partial charge in [-0.1, -0.05) is 30.3 Å². The summed E-state index contributed by atoms with van der Waals surface area (Å²) in [7, 11) is 1.28. The molecule has 0 unspecified atom stereocenters. The van der Waals surface area contributed by atoms with Crippen LogP contribution in [0.2, 0.25) is 0 Å². The first kappa shape index (κ1) is 19.2. The van der Waals surface area contributed by atoms with Crippen LogP contribution in [0.25, 0.3) is 0 Å². The molecule has 0 aliphatic carbocycles. The third-order valence-electron chi connectivity index (χ3n) is 4.33. The number of carboxylic acids is 1. The summed E-state index contributed by atoms with van der Waals surface area (Å²) in [5, 5.41) is 12.1. The summed E-state index contributed by atoms with van der Waals surface area (Å²) < 4.78 is 4.74. The fourth-order valence-corrected chi connectivity index (χ4v) is 2.74. The van der Waals surface area contributed by atoms with Gasteiger partial charge in [-0.25, -0.2) is 4.79 Å². The molecule has 0 heterocycles. The average molecular weight is 355 g/mol. The smallest absolute Gasteiger partial charge is 0.336 e. The second kappa shape index (κ2) is 8.29. The van der Waals surface area contributed by atoms with E-state index in [0.29, 0.717) is 0 Å². The number of carbonyl (C=O) groups excluding carboxylic acids is 2. The van der Waals surface area contributed by atoms with Crippen molar-refractivity contribution in [2.45, 2.75) is 26.3 Å². The maximum absolute atomic E-state index is 12.7. The highest BCUT2D eigenvalue weighted by Gasteiger charge is 2.23. The zero-order valence-corrected chi connectivity index (χ0v) is 14.9. The van der Waals surface area contributed by atoms with Crippen molar-refractivity contribution in [3.63, 3.8) is 0 Å². The Morgan fingerprint density at radius 2 is 1.69 bits per heavy atom. The maximum atomic E-state index is 12.7. The van der Waals surface area contributed by atoms with Crippen LogP contribution in [-0.2, 0) is 9.53 Å². The molecular formula is C20H21NO5. The van der Waals surface area contributed by atoms with Crippen LogP contribution in [0.4, 0.5) is 0 Å². The van der Waals surface area contributed by atoms with Gasteiger partial charge in [0.25, 0.3) is 5.91 Å². The van der Waals surface area contributed by atoms with Crippen molar-refractivity contribution in [2.24, 2.45) is 0 Å². The number of carboxylic acid groups (broad SMARTS) is 1. The molecular weight excluding hydrogens is 334 g/mol. The molecule has 0 radical (unpaired) electrons. The number of aryl methyl sites for hydroxylation is 1. The first-order valence-electron chi connectivity index (χ1n) is 8.11. The largest absolute Gasteiger partial charge is 0.478 e. The predicted molar refractivity (Wildman–Crippen MR) is 96.2 cm³/mol. The van der Waals surface area contributed by atoms with Crippen LogP contribution in [0.5, 0.6) is 0 Å². The van der Waals surface area contributed by atoms with E-state index in [1.54, 1.807) is 12.1 Å². The highest BCUT2D eigenvalue weighted by Crippen LogP contribution is 2.24. The van der Waals surface area contributed by atoms with Crippen LogP contribution in [-0.4, -0.2) is 30.1 Å². The lowest BCUT2D eigenvalue weighted by Gasteiger charge is -2.21. The molecule has 6 nitrogen and oxygen atoms in total. The number of rotatable bonds is 6. The lowest BCUT2D eigenvalue weighted by molar-refractivity contribution is -0.141. The zero-order valence-electron chi connectivity index (χ0n) is 14.9. The van der Waals surface area contributed by atoms with Crippen LogP contribution in [0.1, 0.15) is 49.9 Å². The van der Waals surface area contributed by atoms with Gasteiger partial charge in [-0.05, 0) is 42.7 Å². The summed E-state index contributed by atoms with van der Waals surface area (Å²) in [5.74, 6) is -2.22. The van der Waals surface area contributed by atoms with Crippen molar-refractivity contribution in [3.05, 3.63) is 70.3 Å². The summed E-state index contributed by atoms with van der Waals surface area (Å²) in [5.41, 5.74) is 2.71. The molecule has 2 rings (SSSR count). The van der Waals surface area contributed by atoms with Crippen LogP contribution < -0.4 is 5.32 Å². The van der Waals surface area contributed by atoms with Gasteiger partial charge in [0.2, 0.25) is 0 Å². The van der Waals surface area contributed by atoms with E-state index in [1.807, 2.05) is 32.0 Å². The maximum Gasteiger partial charge on any atom is 0.336 e. The Morgan fingerprint density at radius 1 is 1.04 bits per heavy atom. The van der Waals surface area contributed by atoms with Crippen molar-refractivity contribution in [1.29, 1.82) is 0 Å². The van der Waals surface area contributed by atoms with Crippen molar-refractivity contribution in [2.75, 3.05) is 7.11 Å². The number of benzene rings is 2. The van der Waals surface area contributed by atoms with Gasteiger partial charge in [0.1, 0.15) is 0 Å². The van der Waals surface area contributed by atoms with E-state index in [0.717, 1.165) is 16.7 Å². The minimum Gasteiger partial charge on any atom is -0.478 e. The average Bonchev–Trinajstić information content (AvgIpc) is 2.63. The normalized spacial score (nSPS) is 11.5. The van der Waals surface area contributed by atoms with E-state index in [-0.39, 0.29) is 17.5 Å². The number of carbonyl (C=O) groups is 3. The van der Waals surface area contributed by atoms with Crippen molar-refractivity contribution in [3.8, 4) is 0 Å². The molecule has 0 fully saturated rings. The van der Waals surface area contributed by atoms with E-state index >= 15 is 0 Å². The molecule has 0 spiro atoms. The molecule has 0 aromatic heterocycles. The third kappa shape index (κ3) is 4.27. The number of hydrogen-bond acceptors (Lipinski definition) is 4. The number of aromatic carboxylic acids is 1. The lowest BCUT2D eigenvalue weighted by Crippen LogP contribution is -2.32. The van der Waals surface area contributed by atoms with E-state index in [1.165, 1.54) is 19.2 Å². The Balaban J connectivity index is 2.38. The Labute approximate surface area is 151 Å². The van der Waals surface area contributed by atoms with Crippen LogP contribution >= 0.6 is 0 Å². The van der Waals surface area contributed by atoms with Gasteiger partial charge in [-0.2, -0.15) is 0 Å². The van der Waals surface area contributed by atoms with Crippen molar-refractivity contribution < 1.29 is 24.2 Å². The predicted octanol–water partition coefficient (Wildman–Crippen LogP) is 3.04. The minimum atomic E-state index is -1.19. The molecule has 2 aromatic carbocycles. The summed E-state index contributed by atoms with van der Waals surface area (Å²) >= 11 is 0. The molecule has 0 bridgehead atoms. The van der Waals surface area contributed by atoms with Gasteiger partial charge < -0.3 is 15.2 Å². The topological polar surface area (TPSA) is 92.7 Å². The molecule has 0 aliphatic rings. The number of amides is 1. The highest BCUT2D eigenvalue weighted by molar-refractivity contribution is 6.05. The molecule has 1 amide bonds. The van der Waals surface area contributed by atoms with Gasteiger partial charge in [0, 0.05) is 0 Å². The monoisotopic (exact) mass is 355 g/mol. The SMILES string of the molecule is COC(=O)C[C@H](NC(=O)c1ccccc1C(=O)O)c1cccc(C)c1C. The Hall–Kier alpha value is -3.15. The van der Waals surface area contributed by atoms with E-state index in [9.17, 15) is 19.5 Å². The molecule has 2 N–H and O–H groups in total. The van der Waals surface area contributed by atoms with Crippen LogP contribution in [0, 0.1) is 13.8 Å². The van der Waals surface area contributed by atoms with E-state index < -0.39 is 23.9 Å². The van der Waals surface area contributed by atoms with Crippen LogP contribution in [0.15, 0.2) is 42.5 Å². The summed E-state index contributed by atoms with van der Waals surface area (Å²) in [6, 6.07) is 10.9. The molecule has 0 saturated carbocycles. The second-order valence-corrected chi connectivity index (χ2v) is 5.95. The fourth-order valence-electron chi connectivity index (χ4n) is 2.74. The Kier molecular flexibility index (Phi) is 6.11. The molecule has 2 aromatic rings. The van der Waals surface area contributed by atoms with Crippen LogP contribution in [0.3, 0.4) is 0 Å². The summed E-state index contributed by atoms with van der Waals surface area (Å²) in [4.78, 5) is 35.9. The Bertz CT molecular complexity index is 844. The second-order valence-electron chi connectivity index (χ2n) is 5.95. The third-order valence-corrected chi connectivity index (χ3v) is 4.33. The number of esters is 1. The fraction of sp³-hybridized carbons (Fsp3) is 0.250. The van der Waals surface area contributed by atoms with Gasteiger partial charge in [0.05, 0.1) is 30.7 Å². The molecule has 0 saturated heterocycles. The van der Waals surface area contributed by atoms with Crippen molar-refractivity contribution >= 4 is 17.8 Å². The molecule has 136 valence electrons. The van der Waals surface area contributed by atoms with Crippen molar-refractivity contribution in [1.82, 2.24) is 5.32 Å². The lowest BCUT2D eigenvalue weighted by atomic mass is 9.95. The van der Waals surface area contributed by atoms with E-state index in [2.05, 4.69) is 5.32 Å². The van der Waals surface area contributed by atoms with Gasteiger partial charge >= 0.3 is 11.9 Å². The molecule has 26 heavy (non-hydrogen) atoms. The minimum absolute atomic E-state index is 0.0418.